The van der Waals surface area contributed by atoms with Gasteiger partial charge in [-0.25, -0.2) is 9.97 Å². The largest absolute Gasteiger partial charge is 0.247 e. The number of carbonyl (C=O) groups excluding carboxylic acids is 1. The first-order chi connectivity index (χ1) is 27.1. The molecule has 0 unspecified atom stereocenters. The minimum Gasteiger partial charge on any atom is -0.247 e. The fraction of sp³-hybridized carbons (Fsp3) is 0.630. The van der Waals surface area contributed by atoms with Crippen LogP contribution in [0.3, 0.4) is 0 Å². The van der Waals surface area contributed by atoms with Crippen molar-refractivity contribution in [2.24, 2.45) is 0 Å². The number of nitrogens with zero attached hydrogens (tertiary/aromatic N) is 2. The zero-order valence-electron chi connectivity index (χ0n) is 33.4. The molecule has 2 aromatic heterocycles. The maximum absolute atomic E-state index is 10.8. The standard InChI is InChI=1S/C36H54N2P2.C10H12O2.2ClH.Rh/c1-5-17-31(18-6-1)39(32-19-7-2-8-20-32)27-29-15-13-25-35(37-29)36-26-14-16-30(38-36)28-40(33-21-9-3-10-22-33)34-23-11-4-12-24-34;1-12-10(11)8-7-9-5-3-2-4-6-9;;;/h13-16,25-26,31-34H,1-12,17-24,27-28H2;2-6H,7-8H2,1H3;2*1H;/q;;;;+2. The fourth-order valence-corrected chi connectivity index (χ4v) is 18.3. The molecule has 0 spiro atoms. The van der Waals surface area contributed by atoms with Gasteiger partial charge in [-0.05, 0) is 139 Å². The van der Waals surface area contributed by atoms with E-state index in [1.165, 1.54) is 165 Å². The molecule has 0 aliphatic heterocycles. The van der Waals surface area contributed by atoms with Crippen molar-refractivity contribution in [3.63, 3.8) is 0 Å². The van der Waals surface area contributed by atoms with Gasteiger partial charge in [0.1, 0.15) is 0 Å². The molecule has 0 amide bonds. The van der Waals surface area contributed by atoms with Crippen LogP contribution in [0.25, 0.3) is 11.4 Å². The Kier molecular flexibility index (Phi) is 21.5. The molecular weight excluding hydrogens is 848 g/mol. The SMILES string of the molecule is COC(=O)CCc1ccccc1.[Cl][Rh][Cl].c1cc(C[PH+](C2CCCCC2)C2CCCCC2)nc(-c2cccc(C[PH+](C3CCCCC3)C3CCCCC3)n2)c1. The van der Waals surface area contributed by atoms with E-state index in [-0.39, 0.29) is 21.1 Å². The van der Waals surface area contributed by atoms with Crippen LogP contribution in [0.4, 0.5) is 0 Å². The number of esters is 1. The first-order valence-corrected chi connectivity index (χ1v) is 29.6. The minimum absolute atomic E-state index is 0.154. The van der Waals surface area contributed by atoms with Crippen LogP contribution >= 0.6 is 35.2 Å². The average molecular weight is 917 g/mol. The predicted molar refractivity (Wildman–Crippen MR) is 237 cm³/mol. The predicted octanol–water partition coefficient (Wildman–Crippen LogP) is 14.1. The summed E-state index contributed by atoms with van der Waals surface area (Å²) in [6, 6.07) is 23.6. The molecule has 9 heteroatoms. The van der Waals surface area contributed by atoms with Gasteiger partial charge in [-0.2, -0.15) is 0 Å². The number of carbonyl (C=O) groups is 1. The molecule has 2 heterocycles. The summed E-state index contributed by atoms with van der Waals surface area (Å²) in [5, 5.41) is 0. The third-order valence-electron chi connectivity index (χ3n) is 12.9. The molecule has 4 aliphatic rings. The summed E-state index contributed by atoms with van der Waals surface area (Å²) in [6.45, 7) is 0. The van der Waals surface area contributed by atoms with Gasteiger partial charge in [0.25, 0.3) is 0 Å². The van der Waals surface area contributed by atoms with Gasteiger partial charge in [0.15, 0.2) is 0 Å². The van der Waals surface area contributed by atoms with Crippen LogP contribution in [0.2, 0.25) is 0 Å². The summed E-state index contributed by atoms with van der Waals surface area (Å²) in [4.78, 5) is 21.5. The van der Waals surface area contributed by atoms with Crippen molar-refractivity contribution < 1.29 is 24.7 Å². The van der Waals surface area contributed by atoms with E-state index in [1.807, 2.05) is 30.3 Å². The summed E-state index contributed by atoms with van der Waals surface area (Å²) in [5.41, 5.74) is 10.2. The molecule has 4 fully saturated rings. The molecule has 7 rings (SSSR count). The maximum Gasteiger partial charge on any atom is 0.0995 e. The van der Waals surface area contributed by atoms with Crippen molar-refractivity contribution in [3.05, 3.63) is 83.7 Å². The number of rotatable bonds is 12. The number of methoxy groups -OCH3 is 1. The van der Waals surface area contributed by atoms with Gasteiger partial charge in [-0.15, -0.1) is 0 Å². The van der Waals surface area contributed by atoms with Crippen molar-refractivity contribution in [2.45, 2.75) is 176 Å². The molecule has 4 aliphatic carbocycles. The fourth-order valence-electron chi connectivity index (χ4n) is 9.99. The zero-order valence-corrected chi connectivity index (χ0v) is 38.6. The van der Waals surface area contributed by atoms with Crippen molar-refractivity contribution >= 4 is 41.2 Å². The third-order valence-corrected chi connectivity index (χ3v) is 20.9. The second-order valence-electron chi connectivity index (χ2n) is 16.5. The molecule has 0 radical (unpaired) electrons. The maximum atomic E-state index is 10.8. The Morgan fingerprint density at radius 1 is 0.582 bits per heavy atom. The normalized spacial score (nSPS) is 19.0. The van der Waals surface area contributed by atoms with Crippen molar-refractivity contribution in [1.82, 2.24) is 9.97 Å². The van der Waals surface area contributed by atoms with Crippen LogP contribution in [0.5, 0.6) is 0 Å². The van der Waals surface area contributed by atoms with Crippen LogP contribution in [-0.2, 0) is 43.4 Å². The number of aryl methyl sites for hydroxylation is 1. The van der Waals surface area contributed by atoms with E-state index in [2.05, 4.69) is 41.1 Å². The Labute approximate surface area is 352 Å². The minimum atomic E-state index is -0.423. The Morgan fingerprint density at radius 2 is 0.945 bits per heavy atom. The van der Waals surface area contributed by atoms with Crippen LogP contribution in [0, 0.1) is 0 Å². The van der Waals surface area contributed by atoms with Crippen molar-refractivity contribution in [3.8, 4) is 11.4 Å². The van der Waals surface area contributed by atoms with Crippen LogP contribution < -0.4 is 0 Å². The van der Waals surface area contributed by atoms with E-state index in [4.69, 9.17) is 29.4 Å². The van der Waals surface area contributed by atoms with Gasteiger partial charge >= 0.3 is 40.5 Å². The van der Waals surface area contributed by atoms with Gasteiger partial charge in [0.05, 0.1) is 64.8 Å². The van der Waals surface area contributed by atoms with Crippen molar-refractivity contribution in [1.29, 1.82) is 0 Å². The number of pyridine rings is 2. The molecule has 0 N–H and O–H groups in total. The Hall–Kier alpha value is -0.947. The quantitative estimate of drug-likeness (QED) is 0.103. The zero-order chi connectivity index (χ0) is 38.5. The number of benzene rings is 1. The van der Waals surface area contributed by atoms with Crippen molar-refractivity contribution in [2.75, 3.05) is 7.11 Å². The van der Waals surface area contributed by atoms with Gasteiger partial charge < -0.3 is 4.74 Å². The Bertz CT molecular complexity index is 1380. The van der Waals surface area contributed by atoms with Gasteiger partial charge in [-0.3, -0.25) is 4.79 Å². The molecule has 0 atom stereocenters. The molecule has 0 bridgehead atoms. The van der Waals surface area contributed by atoms with Crippen LogP contribution in [-0.4, -0.2) is 45.7 Å². The summed E-state index contributed by atoms with van der Waals surface area (Å²) in [6.07, 6.45) is 33.4. The number of aromatic nitrogens is 2. The van der Waals surface area contributed by atoms with E-state index in [0.717, 1.165) is 40.4 Å². The van der Waals surface area contributed by atoms with E-state index in [1.54, 1.807) is 0 Å². The second-order valence-corrected chi connectivity index (χ2v) is 25.2. The summed E-state index contributed by atoms with van der Waals surface area (Å²) >= 11 is -0.226. The van der Waals surface area contributed by atoms with E-state index in [9.17, 15) is 4.79 Å². The van der Waals surface area contributed by atoms with Crippen LogP contribution in [0.15, 0.2) is 66.7 Å². The summed E-state index contributed by atoms with van der Waals surface area (Å²) < 4.78 is 4.53. The molecule has 3 aromatic rings. The second kappa shape index (κ2) is 26.2. The van der Waals surface area contributed by atoms with Crippen LogP contribution in [0.1, 0.15) is 152 Å². The summed E-state index contributed by atoms with van der Waals surface area (Å²) in [5.74, 6) is -0.154. The first-order valence-electron chi connectivity index (χ1n) is 21.7. The third kappa shape index (κ3) is 15.6. The topological polar surface area (TPSA) is 52.1 Å². The number of ether oxygens (including phenoxy) is 1. The average Bonchev–Trinajstić information content (AvgIpc) is 3.26. The van der Waals surface area contributed by atoms with E-state index >= 15 is 0 Å². The number of hydrogen-bond donors (Lipinski definition) is 0. The Morgan fingerprint density at radius 3 is 1.29 bits per heavy atom. The smallest absolute Gasteiger partial charge is 0.0995 e. The van der Waals surface area contributed by atoms with E-state index in [0.29, 0.717) is 6.42 Å². The van der Waals surface area contributed by atoms with Gasteiger partial charge in [0, 0.05) is 22.3 Å². The molecule has 55 heavy (non-hydrogen) atoms. The molecular formula is C46H68Cl2N2O2P2Rh+2. The van der Waals surface area contributed by atoms with E-state index < -0.39 is 15.8 Å². The number of halogens is 2. The number of hydrogen-bond acceptors (Lipinski definition) is 4. The molecule has 1 aromatic carbocycles. The van der Waals surface area contributed by atoms with Gasteiger partial charge in [0.2, 0.25) is 0 Å². The molecule has 305 valence electrons. The molecule has 0 saturated heterocycles. The first kappa shape index (κ1) is 45.1. The Balaban J connectivity index is 0.000000326. The summed E-state index contributed by atoms with van der Waals surface area (Å²) in [7, 11) is 10.2. The molecule has 4 nitrogen and oxygen atoms in total. The van der Waals surface area contributed by atoms with Gasteiger partial charge in [-0.1, -0.05) is 68.1 Å². The monoisotopic (exact) mass is 915 g/mol. The molecule has 4 saturated carbocycles.